The van der Waals surface area contributed by atoms with Crippen molar-refractivity contribution in [2.75, 3.05) is 20.1 Å². The summed E-state index contributed by atoms with van der Waals surface area (Å²) >= 11 is 0. The van der Waals surface area contributed by atoms with E-state index in [2.05, 4.69) is 4.99 Å². The van der Waals surface area contributed by atoms with Gasteiger partial charge in [-0.05, 0) is 81.5 Å². The van der Waals surface area contributed by atoms with Crippen molar-refractivity contribution in [2.24, 2.45) is 16.6 Å². The number of hydrogen-bond acceptors (Lipinski definition) is 6. The molecule has 0 radical (unpaired) electrons. The van der Waals surface area contributed by atoms with Gasteiger partial charge in [0.15, 0.2) is 0 Å². The van der Waals surface area contributed by atoms with Gasteiger partial charge in [0.25, 0.3) is 5.91 Å². The second-order valence-electron chi connectivity index (χ2n) is 11.2. The van der Waals surface area contributed by atoms with E-state index < -0.39 is 11.5 Å². The third-order valence-electron chi connectivity index (χ3n) is 7.00. The molecule has 2 aliphatic rings. The molecule has 4 rings (SSSR count). The Labute approximate surface area is 242 Å². The van der Waals surface area contributed by atoms with E-state index >= 15 is 0 Å². The number of allylic oxidation sites excluding steroid dienone is 3. The Morgan fingerprint density at radius 2 is 1.66 bits per heavy atom. The highest BCUT2D eigenvalue weighted by Crippen LogP contribution is 2.35. The molecule has 2 aliphatic heterocycles. The molecule has 0 atom stereocenters. The van der Waals surface area contributed by atoms with Crippen LogP contribution in [0.4, 0.5) is 4.79 Å². The number of benzene rings is 2. The van der Waals surface area contributed by atoms with E-state index in [-0.39, 0.29) is 12.0 Å². The van der Waals surface area contributed by atoms with E-state index in [9.17, 15) is 9.59 Å². The number of para-hydroxylation sites is 1. The lowest BCUT2D eigenvalue weighted by atomic mass is 9.91. The Bertz CT molecular complexity index is 1360. The fourth-order valence-corrected chi connectivity index (χ4v) is 5.09. The van der Waals surface area contributed by atoms with Gasteiger partial charge >= 0.3 is 6.09 Å². The Morgan fingerprint density at radius 3 is 2.24 bits per heavy atom. The van der Waals surface area contributed by atoms with Crippen LogP contribution in [-0.4, -0.2) is 53.8 Å². The number of carbonyl (C=O) groups is 2. The first-order valence-electron chi connectivity index (χ1n) is 14.1. The molecule has 0 aliphatic carbocycles. The van der Waals surface area contributed by atoms with Gasteiger partial charge in [-0.15, -0.1) is 0 Å². The summed E-state index contributed by atoms with van der Waals surface area (Å²) < 4.78 is 11.5. The van der Waals surface area contributed by atoms with Gasteiger partial charge in [0, 0.05) is 38.0 Å². The van der Waals surface area contributed by atoms with Crippen LogP contribution in [-0.2, 0) is 9.53 Å². The molecule has 2 aromatic carbocycles. The predicted octanol–water partition coefficient (Wildman–Crippen LogP) is 6.52. The summed E-state index contributed by atoms with van der Waals surface area (Å²) in [6.07, 6.45) is 7.70. The minimum Gasteiger partial charge on any atom is -0.457 e. The zero-order valence-electron chi connectivity index (χ0n) is 24.6. The number of ether oxygens (including phenoxy) is 2. The number of rotatable bonds is 7. The number of hydrogen-bond donors (Lipinski definition) is 1. The van der Waals surface area contributed by atoms with Crippen LogP contribution in [0.3, 0.4) is 0 Å². The van der Waals surface area contributed by atoms with Crippen LogP contribution >= 0.6 is 0 Å². The van der Waals surface area contributed by atoms with Crippen molar-refractivity contribution in [3.63, 3.8) is 0 Å². The summed E-state index contributed by atoms with van der Waals surface area (Å²) in [6, 6.07) is 17.2. The third kappa shape index (κ3) is 7.45. The minimum atomic E-state index is -0.547. The monoisotopic (exact) mass is 556 g/mol. The van der Waals surface area contributed by atoms with E-state index in [1.807, 2.05) is 106 Å². The quantitative estimate of drug-likeness (QED) is 0.392. The van der Waals surface area contributed by atoms with E-state index in [1.54, 1.807) is 11.1 Å². The van der Waals surface area contributed by atoms with Gasteiger partial charge in [0.2, 0.25) is 0 Å². The van der Waals surface area contributed by atoms with Crippen LogP contribution in [0.5, 0.6) is 11.5 Å². The largest absolute Gasteiger partial charge is 0.457 e. The highest BCUT2D eigenvalue weighted by molar-refractivity contribution is 6.09. The van der Waals surface area contributed by atoms with Gasteiger partial charge in [0.1, 0.15) is 22.9 Å². The highest BCUT2D eigenvalue weighted by atomic mass is 16.6. The summed E-state index contributed by atoms with van der Waals surface area (Å²) in [5.41, 5.74) is 8.46. The molecule has 1 saturated heterocycles. The van der Waals surface area contributed by atoms with Crippen LogP contribution < -0.4 is 10.5 Å². The average Bonchev–Trinajstić information content (AvgIpc) is 2.94. The molecule has 1 fully saturated rings. The fourth-order valence-electron chi connectivity index (χ4n) is 5.09. The van der Waals surface area contributed by atoms with Gasteiger partial charge in [-0.25, -0.2) is 9.79 Å². The van der Waals surface area contributed by atoms with E-state index in [0.717, 1.165) is 35.4 Å². The fraction of sp³-hybridized carbons (Fsp3) is 0.364. The van der Waals surface area contributed by atoms with Crippen molar-refractivity contribution >= 4 is 23.8 Å². The number of aliphatic imine (C=N–C) groups is 1. The standard InChI is InChI=1S/C33H40N4O4/c1-6-10-27(23-13-15-26(16-14-23)40-25-11-8-7-9-12-25)29(30(34)38)31-35-20-17-28(36(31)5)24-18-21-37(22-19-24)32(39)41-33(2,3)4/h7-17,20,24H,6,18-19,21-22H2,1-5H3,(H2,34,38)/b27-10+,31-29+. The molecule has 0 aromatic heterocycles. The molecular weight excluding hydrogens is 516 g/mol. The summed E-state index contributed by atoms with van der Waals surface area (Å²) in [5, 5.41) is 0. The highest BCUT2D eigenvalue weighted by Gasteiger charge is 2.32. The van der Waals surface area contributed by atoms with Crippen LogP contribution in [0.25, 0.3) is 5.57 Å². The lowest BCUT2D eigenvalue weighted by molar-refractivity contribution is -0.114. The maximum atomic E-state index is 13.0. The second-order valence-corrected chi connectivity index (χ2v) is 11.2. The molecule has 0 bridgehead atoms. The molecule has 0 unspecified atom stereocenters. The molecule has 8 heteroatoms. The molecule has 0 saturated carbocycles. The van der Waals surface area contributed by atoms with Gasteiger partial charge in [0.05, 0.1) is 5.57 Å². The zero-order chi connectivity index (χ0) is 29.6. The molecule has 8 nitrogen and oxygen atoms in total. The first-order chi connectivity index (χ1) is 19.6. The van der Waals surface area contributed by atoms with Crippen molar-refractivity contribution in [3.8, 4) is 11.5 Å². The normalized spacial score (nSPS) is 17.7. The lowest BCUT2D eigenvalue weighted by Gasteiger charge is -2.38. The molecule has 216 valence electrons. The van der Waals surface area contributed by atoms with Crippen molar-refractivity contribution in [2.45, 2.75) is 52.6 Å². The van der Waals surface area contributed by atoms with Gasteiger partial charge in [-0.1, -0.05) is 43.3 Å². The Kier molecular flexibility index (Phi) is 9.32. The Morgan fingerprint density at radius 1 is 1.02 bits per heavy atom. The number of piperidine rings is 1. The molecule has 2 heterocycles. The predicted molar refractivity (Wildman–Crippen MR) is 162 cm³/mol. The van der Waals surface area contributed by atoms with Crippen LogP contribution in [0.2, 0.25) is 0 Å². The van der Waals surface area contributed by atoms with E-state index in [4.69, 9.17) is 15.2 Å². The number of nitrogens with zero attached hydrogens (tertiary/aromatic N) is 3. The number of likely N-dealkylation sites (tertiary alicyclic amines) is 1. The van der Waals surface area contributed by atoms with Gasteiger partial charge < -0.3 is 25.0 Å². The van der Waals surface area contributed by atoms with Crippen LogP contribution in [0.15, 0.2) is 88.8 Å². The topological polar surface area (TPSA) is 97.5 Å². The summed E-state index contributed by atoms with van der Waals surface area (Å²) in [6.45, 7) is 8.84. The number of primary amides is 1. The van der Waals surface area contributed by atoms with Gasteiger partial charge in [-0.2, -0.15) is 0 Å². The lowest BCUT2D eigenvalue weighted by Crippen LogP contribution is -2.43. The minimum absolute atomic E-state index is 0.197. The molecule has 0 spiro atoms. The summed E-state index contributed by atoms with van der Waals surface area (Å²) in [4.78, 5) is 33.9. The first kappa shape index (κ1) is 29.6. The van der Waals surface area contributed by atoms with Crippen molar-refractivity contribution < 1.29 is 19.1 Å². The Hall–Kier alpha value is -4.33. The van der Waals surface area contributed by atoms with Crippen molar-refractivity contribution in [1.29, 1.82) is 0 Å². The van der Waals surface area contributed by atoms with E-state index in [0.29, 0.717) is 36.7 Å². The summed E-state index contributed by atoms with van der Waals surface area (Å²) in [5.74, 6) is 1.60. The zero-order valence-corrected chi connectivity index (χ0v) is 24.6. The number of amides is 2. The number of nitrogens with two attached hydrogens (primary N) is 1. The van der Waals surface area contributed by atoms with Gasteiger partial charge in [-0.3, -0.25) is 4.79 Å². The smallest absolute Gasteiger partial charge is 0.410 e. The maximum absolute atomic E-state index is 13.0. The first-order valence-corrected chi connectivity index (χ1v) is 14.1. The number of carbonyl (C=O) groups excluding carboxylic acids is 2. The van der Waals surface area contributed by atoms with Crippen molar-refractivity contribution in [1.82, 2.24) is 9.80 Å². The van der Waals surface area contributed by atoms with Crippen molar-refractivity contribution in [3.05, 3.63) is 89.4 Å². The second kappa shape index (κ2) is 12.9. The molecule has 2 amide bonds. The molecular formula is C33H40N4O4. The maximum Gasteiger partial charge on any atom is 0.410 e. The van der Waals surface area contributed by atoms with Crippen LogP contribution in [0.1, 0.15) is 52.5 Å². The van der Waals surface area contributed by atoms with E-state index in [1.165, 1.54) is 0 Å². The van der Waals surface area contributed by atoms with Crippen LogP contribution in [0, 0.1) is 5.92 Å². The Balaban J connectivity index is 1.55. The SMILES string of the molecule is CC/C=C(/C(C(N)=O)=C1/N=CC=C(C2CCN(C(=O)OC(C)(C)C)CC2)N1C)c1ccc(Oc2ccccc2)cc1. The molecule has 41 heavy (non-hydrogen) atoms. The molecule has 2 N–H and O–H groups in total. The molecule has 2 aromatic rings. The third-order valence-corrected chi connectivity index (χ3v) is 7.00. The average molecular weight is 557 g/mol. The summed E-state index contributed by atoms with van der Waals surface area (Å²) in [7, 11) is 1.92.